The van der Waals surface area contributed by atoms with Crippen LogP contribution in [-0.2, 0) is 12.7 Å². The average molecular weight is 434 g/mol. The van der Waals surface area contributed by atoms with Gasteiger partial charge in [0.2, 0.25) is 0 Å². The number of alkyl halides is 3. The smallest absolute Gasteiger partial charge is 0.416 e. The summed E-state index contributed by atoms with van der Waals surface area (Å²) in [6.45, 7) is 6.34. The molecule has 0 N–H and O–H groups in total. The van der Waals surface area contributed by atoms with Crippen LogP contribution in [0.25, 0.3) is 5.69 Å². The molecule has 8 nitrogen and oxygen atoms in total. The zero-order valence-electron chi connectivity index (χ0n) is 17.1. The van der Waals surface area contributed by atoms with Crippen LogP contribution in [0, 0.1) is 13.8 Å². The Morgan fingerprint density at radius 1 is 1.10 bits per heavy atom. The maximum atomic E-state index is 12.8. The molecule has 1 fully saturated rings. The Kier molecular flexibility index (Phi) is 5.52. The maximum absolute atomic E-state index is 12.8. The van der Waals surface area contributed by atoms with Crippen LogP contribution >= 0.6 is 0 Å². The van der Waals surface area contributed by atoms with Crippen molar-refractivity contribution in [3.63, 3.8) is 0 Å². The van der Waals surface area contributed by atoms with E-state index in [1.54, 1.807) is 17.9 Å². The molecule has 1 aliphatic heterocycles. The SMILES string of the molecule is Cc1cc(C(=O)N2CCN(Cc3nnnn3-c3ccc(C(F)(F)F)cc3)CC2)c(C)o1. The van der Waals surface area contributed by atoms with Crippen molar-refractivity contribution in [3.8, 4) is 5.69 Å². The second-order valence-electron chi connectivity index (χ2n) is 7.45. The number of piperazine rings is 1. The molecule has 3 aromatic rings. The van der Waals surface area contributed by atoms with Crippen molar-refractivity contribution < 1.29 is 22.4 Å². The number of aromatic nitrogens is 4. The van der Waals surface area contributed by atoms with Gasteiger partial charge in [0.05, 0.1) is 23.4 Å². The van der Waals surface area contributed by atoms with Gasteiger partial charge in [0.15, 0.2) is 5.82 Å². The summed E-state index contributed by atoms with van der Waals surface area (Å²) in [6.07, 6.45) is -4.40. The molecule has 1 aromatic carbocycles. The van der Waals surface area contributed by atoms with Gasteiger partial charge in [-0.05, 0) is 54.6 Å². The summed E-state index contributed by atoms with van der Waals surface area (Å²) in [5, 5.41) is 11.6. The fourth-order valence-corrected chi connectivity index (χ4v) is 3.62. The van der Waals surface area contributed by atoms with E-state index in [4.69, 9.17) is 4.42 Å². The topological polar surface area (TPSA) is 80.3 Å². The Morgan fingerprint density at radius 2 is 1.77 bits per heavy atom. The van der Waals surface area contributed by atoms with Crippen molar-refractivity contribution in [1.82, 2.24) is 30.0 Å². The first-order valence-corrected chi connectivity index (χ1v) is 9.76. The molecule has 0 spiro atoms. The molecule has 0 atom stereocenters. The van der Waals surface area contributed by atoms with Crippen LogP contribution < -0.4 is 0 Å². The number of tetrazole rings is 1. The van der Waals surface area contributed by atoms with Crippen LogP contribution in [0.5, 0.6) is 0 Å². The number of furan rings is 1. The Hall–Kier alpha value is -3.21. The summed E-state index contributed by atoms with van der Waals surface area (Å²) in [4.78, 5) is 16.6. The quantitative estimate of drug-likeness (QED) is 0.628. The van der Waals surface area contributed by atoms with E-state index in [9.17, 15) is 18.0 Å². The third-order valence-electron chi connectivity index (χ3n) is 5.27. The molecule has 1 aliphatic rings. The normalized spacial score (nSPS) is 15.5. The van der Waals surface area contributed by atoms with E-state index in [0.717, 1.165) is 12.1 Å². The lowest BCUT2D eigenvalue weighted by Crippen LogP contribution is -2.48. The summed E-state index contributed by atoms with van der Waals surface area (Å²) in [5.41, 5.74) is 0.305. The van der Waals surface area contributed by atoms with Crippen LogP contribution in [0.15, 0.2) is 34.7 Å². The highest BCUT2D eigenvalue weighted by atomic mass is 19.4. The van der Waals surface area contributed by atoms with E-state index in [1.807, 2.05) is 6.92 Å². The Labute approximate surface area is 176 Å². The van der Waals surface area contributed by atoms with Crippen molar-refractivity contribution >= 4 is 5.91 Å². The summed E-state index contributed by atoms with van der Waals surface area (Å²) < 4.78 is 45.2. The number of carbonyl (C=O) groups excluding carboxylic acids is 1. The van der Waals surface area contributed by atoms with Crippen LogP contribution in [0.2, 0.25) is 0 Å². The first-order chi connectivity index (χ1) is 14.7. The van der Waals surface area contributed by atoms with E-state index in [-0.39, 0.29) is 5.91 Å². The Morgan fingerprint density at radius 3 is 2.35 bits per heavy atom. The number of rotatable bonds is 4. The van der Waals surface area contributed by atoms with E-state index in [0.29, 0.717) is 61.3 Å². The van der Waals surface area contributed by atoms with Gasteiger partial charge in [0, 0.05) is 26.2 Å². The highest BCUT2D eigenvalue weighted by Gasteiger charge is 2.30. The van der Waals surface area contributed by atoms with Gasteiger partial charge < -0.3 is 9.32 Å². The maximum Gasteiger partial charge on any atom is 0.416 e. The number of aryl methyl sites for hydroxylation is 2. The van der Waals surface area contributed by atoms with Gasteiger partial charge in [-0.15, -0.1) is 5.10 Å². The Balaban J connectivity index is 1.39. The minimum atomic E-state index is -4.40. The van der Waals surface area contributed by atoms with E-state index < -0.39 is 11.7 Å². The van der Waals surface area contributed by atoms with Gasteiger partial charge >= 0.3 is 6.18 Å². The molecule has 2 aromatic heterocycles. The van der Waals surface area contributed by atoms with Crippen LogP contribution in [0.1, 0.15) is 33.3 Å². The van der Waals surface area contributed by atoms with Gasteiger partial charge in [-0.2, -0.15) is 17.9 Å². The molecule has 0 unspecified atom stereocenters. The van der Waals surface area contributed by atoms with Crippen molar-refractivity contribution in [2.45, 2.75) is 26.6 Å². The molecule has 11 heteroatoms. The molecule has 0 bridgehead atoms. The van der Waals surface area contributed by atoms with Crippen molar-refractivity contribution in [2.75, 3.05) is 26.2 Å². The van der Waals surface area contributed by atoms with Gasteiger partial charge in [0.1, 0.15) is 11.5 Å². The Bertz CT molecular complexity index is 1070. The second-order valence-corrected chi connectivity index (χ2v) is 7.45. The number of benzene rings is 1. The van der Waals surface area contributed by atoms with E-state index >= 15 is 0 Å². The monoisotopic (exact) mass is 434 g/mol. The lowest BCUT2D eigenvalue weighted by atomic mass is 10.2. The number of hydrogen-bond donors (Lipinski definition) is 0. The number of amides is 1. The van der Waals surface area contributed by atoms with Crippen molar-refractivity contribution in [3.05, 3.63) is 58.8 Å². The highest BCUT2D eigenvalue weighted by molar-refractivity contribution is 5.95. The molecular formula is C20H21F3N6O2. The second kappa shape index (κ2) is 8.14. The predicted molar refractivity (Wildman–Crippen MR) is 104 cm³/mol. The molecule has 164 valence electrons. The lowest BCUT2D eigenvalue weighted by Gasteiger charge is -2.34. The van der Waals surface area contributed by atoms with E-state index in [2.05, 4.69) is 20.4 Å². The molecule has 31 heavy (non-hydrogen) atoms. The standard InChI is InChI=1S/C20H21F3N6O2/c1-13-11-17(14(2)31-13)19(30)28-9-7-27(8-10-28)12-18-24-25-26-29(18)16-5-3-15(4-6-16)20(21,22)23/h3-6,11H,7-10,12H2,1-2H3. The molecule has 1 amide bonds. The predicted octanol–water partition coefficient (Wildman–Crippen LogP) is 2.85. The molecule has 3 heterocycles. The van der Waals surface area contributed by atoms with Gasteiger partial charge in [0.25, 0.3) is 5.91 Å². The summed E-state index contributed by atoms with van der Waals surface area (Å²) in [7, 11) is 0. The summed E-state index contributed by atoms with van der Waals surface area (Å²) in [5.74, 6) is 1.78. The molecule has 0 aliphatic carbocycles. The lowest BCUT2D eigenvalue weighted by molar-refractivity contribution is -0.137. The van der Waals surface area contributed by atoms with Gasteiger partial charge in [-0.1, -0.05) is 0 Å². The average Bonchev–Trinajstić information content (AvgIpc) is 3.33. The van der Waals surface area contributed by atoms with Crippen LogP contribution in [0.4, 0.5) is 13.2 Å². The zero-order valence-corrected chi connectivity index (χ0v) is 17.1. The third-order valence-corrected chi connectivity index (χ3v) is 5.27. The molecular weight excluding hydrogens is 413 g/mol. The summed E-state index contributed by atoms with van der Waals surface area (Å²) in [6, 6.07) is 6.45. The largest absolute Gasteiger partial charge is 0.466 e. The minimum Gasteiger partial charge on any atom is -0.466 e. The number of carbonyl (C=O) groups is 1. The van der Waals surface area contributed by atoms with Gasteiger partial charge in [-0.3, -0.25) is 9.69 Å². The fraction of sp³-hybridized carbons (Fsp3) is 0.400. The number of halogens is 3. The molecule has 4 rings (SSSR count). The number of hydrogen-bond acceptors (Lipinski definition) is 6. The van der Waals surface area contributed by atoms with Gasteiger partial charge in [-0.25, -0.2) is 0 Å². The van der Waals surface area contributed by atoms with E-state index in [1.165, 1.54) is 16.8 Å². The minimum absolute atomic E-state index is 0.0522. The molecule has 1 saturated heterocycles. The highest BCUT2D eigenvalue weighted by Crippen LogP contribution is 2.29. The van der Waals surface area contributed by atoms with Crippen LogP contribution in [0.3, 0.4) is 0 Å². The third kappa shape index (κ3) is 4.46. The van der Waals surface area contributed by atoms with Crippen molar-refractivity contribution in [1.29, 1.82) is 0 Å². The van der Waals surface area contributed by atoms with Crippen LogP contribution in [-0.4, -0.2) is 62.1 Å². The van der Waals surface area contributed by atoms with Crippen molar-refractivity contribution in [2.24, 2.45) is 0 Å². The number of nitrogens with zero attached hydrogens (tertiary/aromatic N) is 6. The molecule has 0 saturated carbocycles. The first-order valence-electron chi connectivity index (χ1n) is 9.76. The molecule has 0 radical (unpaired) electrons. The zero-order chi connectivity index (χ0) is 22.2. The summed E-state index contributed by atoms with van der Waals surface area (Å²) >= 11 is 0. The first kappa shape index (κ1) is 21.0. The fourth-order valence-electron chi connectivity index (χ4n) is 3.62.